The maximum atomic E-state index is 10.5. The highest BCUT2D eigenvalue weighted by atomic mass is 16.5. The van der Waals surface area contributed by atoms with Crippen LogP contribution in [0.2, 0.25) is 0 Å². The number of hydrogen-bond donors (Lipinski definition) is 1. The van der Waals surface area contributed by atoms with E-state index < -0.39 is 6.23 Å². The van der Waals surface area contributed by atoms with Crippen LogP contribution in [-0.2, 0) is 16.0 Å². The van der Waals surface area contributed by atoms with Crippen molar-refractivity contribution < 1.29 is 9.53 Å². The molecule has 1 N–H and O–H groups in total. The van der Waals surface area contributed by atoms with Gasteiger partial charge in [-0.3, -0.25) is 14.8 Å². The highest BCUT2D eigenvalue weighted by molar-refractivity contribution is 5.43. The third kappa shape index (κ3) is 3.55. The van der Waals surface area contributed by atoms with Gasteiger partial charge in [-0.1, -0.05) is 6.07 Å². The highest BCUT2D eigenvalue weighted by Gasteiger charge is 2.10. The Morgan fingerprint density at radius 2 is 2.22 bits per heavy atom. The van der Waals surface area contributed by atoms with Crippen molar-refractivity contribution in [2.45, 2.75) is 12.6 Å². The smallest absolute Gasteiger partial charge is 0.295 e. The minimum absolute atomic E-state index is 0.428. The number of pyridine rings is 2. The maximum absolute atomic E-state index is 10.5. The van der Waals surface area contributed by atoms with E-state index in [4.69, 9.17) is 4.74 Å². The fourth-order valence-corrected chi connectivity index (χ4v) is 1.54. The zero-order valence-corrected chi connectivity index (χ0v) is 9.69. The molecule has 0 bridgehead atoms. The molecule has 92 valence electrons. The Bertz CT molecular complexity index is 435. The van der Waals surface area contributed by atoms with Crippen molar-refractivity contribution in [2.24, 2.45) is 0 Å². The Kier molecular flexibility index (Phi) is 4.24. The van der Waals surface area contributed by atoms with E-state index in [0.29, 0.717) is 12.9 Å². The van der Waals surface area contributed by atoms with Crippen LogP contribution in [-0.4, -0.2) is 22.7 Å². The van der Waals surface area contributed by atoms with Gasteiger partial charge < -0.3 is 10.1 Å². The molecule has 0 aromatic carbocycles. The molecule has 5 nitrogen and oxygen atoms in total. The Labute approximate surface area is 105 Å². The zero-order chi connectivity index (χ0) is 12.6. The molecule has 18 heavy (non-hydrogen) atoms. The molecular formula is C13H13N3O2. The summed E-state index contributed by atoms with van der Waals surface area (Å²) in [7, 11) is 0. The minimum Gasteiger partial charge on any atom is -0.444 e. The summed E-state index contributed by atoms with van der Waals surface area (Å²) in [5, 5.41) is 3.07. The lowest BCUT2D eigenvalue weighted by Crippen LogP contribution is -2.25. The standard InChI is InChI=1S/C13H13N3O2/c17-10-18-13(8-11-4-1-2-7-15-11)16-12-5-3-6-14-9-12/h1-7,9-10,13,16H,8H2. The summed E-state index contributed by atoms with van der Waals surface area (Å²) in [6.07, 6.45) is 5.09. The molecule has 0 saturated carbocycles. The number of nitrogens with zero attached hydrogens (tertiary/aromatic N) is 2. The van der Waals surface area contributed by atoms with Gasteiger partial charge in [-0.15, -0.1) is 0 Å². The third-order valence-corrected chi connectivity index (χ3v) is 2.33. The average molecular weight is 243 g/mol. The van der Waals surface area contributed by atoms with E-state index in [1.165, 1.54) is 0 Å². The Morgan fingerprint density at radius 3 is 2.89 bits per heavy atom. The Morgan fingerprint density at radius 1 is 1.28 bits per heavy atom. The lowest BCUT2D eigenvalue weighted by molar-refractivity contribution is -0.132. The molecule has 0 aliphatic carbocycles. The topological polar surface area (TPSA) is 64.1 Å². The molecule has 0 saturated heterocycles. The number of anilines is 1. The first-order valence-corrected chi connectivity index (χ1v) is 5.54. The number of hydrogen-bond acceptors (Lipinski definition) is 5. The van der Waals surface area contributed by atoms with Crippen LogP contribution in [0.5, 0.6) is 0 Å². The lowest BCUT2D eigenvalue weighted by Gasteiger charge is -2.17. The molecule has 2 heterocycles. The van der Waals surface area contributed by atoms with Crippen molar-refractivity contribution in [2.75, 3.05) is 5.32 Å². The van der Waals surface area contributed by atoms with Gasteiger partial charge in [-0.05, 0) is 24.3 Å². The molecule has 0 aliphatic heterocycles. The van der Waals surface area contributed by atoms with Crippen molar-refractivity contribution in [1.82, 2.24) is 9.97 Å². The molecule has 5 heteroatoms. The first kappa shape index (κ1) is 12.0. The van der Waals surface area contributed by atoms with E-state index in [0.717, 1.165) is 11.4 Å². The predicted octanol–water partition coefficient (Wildman–Crippen LogP) is 1.63. The first-order chi connectivity index (χ1) is 8.88. The largest absolute Gasteiger partial charge is 0.444 e. The van der Waals surface area contributed by atoms with Crippen molar-refractivity contribution in [1.29, 1.82) is 0 Å². The molecule has 0 fully saturated rings. The fourth-order valence-electron chi connectivity index (χ4n) is 1.54. The second-order valence-corrected chi connectivity index (χ2v) is 3.63. The predicted molar refractivity (Wildman–Crippen MR) is 66.7 cm³/mol. The summed E-state index contributed by atoms with van der Waals surface area (Å²) >= 11 is 0. The first-order valence-electron chi connectivity index (χ1n) is 5.54. The number of carbonyl (C=O) groups excluding carboxylic acids is 1. The van der Waals surface area contributed by atoms with Crippen molar-refractivity contribution in [3.8, 4) is 0 Å². The SMILES string of the molecule is O=COC(Cc1ccccn1)Nc1cccnc1. The minimum atomic E-state index is -0.457. The van der Waals surface area contributed by atoms with Crippen LogP contribution < -0.4 is 5.32 Å². The monoisotopic (exact) mass is 243 g/mol. The molecule has 0 aliphatic rings. The lowest BCUT2D eigenvalue weighted by atomic mass is 10.2. The van der Waals surface area contributed by atoms with E-state index in [9.17, 15) is 4.79 Å². The Hall–Kier alpha value is -2.43. The zero-order valence-electron chi connectivity index (χ0n) is 9.69. The van der Waals surface area contributed by atoms with Gasteiger partial charge in [0.25, 0.3) is 6.47 Å². The van der Waals surface area contributed by atoms with Crippen LogP contribution in [0, 0.1) is 0 Å². The average Bonchev–Trinajstić information content (AvgIpc) is 2.41. The van der Waals surface area contributed by atoms with Gasteiger partial charge in [0.05, 0.1) is 11.9 Å². The van der Waals surface area contributed by atoms with Crippen LogP contribution in [0.3, 0.4) is 0 Å². The molecule has 0 spiro atoms. The quantitative estimate of drug-likeness (QED) is 0.617. The van der Waals surface area contributed by atoms with Gasteiger partial charge in [-0.25, -0.2) is 0 Å². The highest BCUT2D eigenvalue weighted by Crippen LogP contribution is 2.09. The van der Waals surface area contributed by atoms with E-state index in [-0.39, 0.29) is 0 Å². The number of carbonyl (C=O) groups is 1. The van der Waals surface area contributed by atoms with E-state index >= 15 is 0 Å². The van der Waals surface area contributed by atoms with Crippen molar-refractivity contribution in [3.63, 3.8) is 0 Å². The van der Waals surface area contributed by atoms with Crippen molar-refractivity contribution in [3.05, 3.63) is 54.6 Å². The molecule has 0 radical (unpaired) electrons. The summed E-state index contributed by atoms with van der Waals surface area (Å²) < 4.78 is 4.99. The molecule has 1 atom stereocenters. The van der Waals surface area contributed by atoms with Crippen LogP contribution in [0.4, 0.5) is 5.69 Å². The summed E-state index contributed by atoms with van der Waals surface area (Å²) in [6.45, 7) is 0.428. The van der Waals surface area contributed by atoms with E-state index in [1.807, 2.05) is 24.3 Å². The second-order valence-electron chi connectivity index (χ2n) is 3.63. The summed E-state index contributed by atoms with van der Waals surface area (Å²) in [4.78, 5) is 18.7. The number of nitrogens with one attached hydrogen (secondary N) is 1. The van der Waals surface area contributed by atoms with Crippen LogP contribution >= 0.6 is 0 Å². The van der Waals surface area contributed by atoms with Gasteiger partial charge in [0.2, 0.25) is 0 Å². The van der Waals surface area contributed by atoms with Crippen LogP contribution in [0.15, 0.2) is 48.9 Å². The van der Waals surface area contributed by atoms with Gasteiger partial charge in [0.15, 0.2) is 6.23 Å². The van der Waals surface area contributed by atoms with Crippen LogP contribution in [0.1, 0.15) is 5.69 Å². The third-order valence-electron chi connectivity index (χ3n) is 2.33. The number of rotatable bonds is 6. The normalized spacial score (nSPS) is 11.6. The Balaban J connectivity index is 2.02. The summed E-state index contributed by atoms with van der Waals surface area (Å²) in [6, 6.07) is 9.28. The molecular weight excluding hydrogens is 230 g/mol. The van der Waals surface area contributed by atoms with E-state index in [2.05, 4.69) is 15.3 Å². The van der Waals surface area contributed by atoms with Gasteiger partial charge in [0.1, 0.15) is 0 Å². The molecule has 0 amide bonds. The summed E-state index contributed by atoms with van der Waals surface area (Å²) in [5.74, 6) is 0. The van der Waals surface area contributed by atoms with Gasteiger partial charge >= 0.3 is 0 Å². The van der Waals surface area contributed by atoms with Gasteiger partial charge in [0, 0.05) is 24.5 Å². The van der Waals surface area contributed by atoms with E-state index in [1.54, 1.807) is 24.7 Å². The fraction of sp³-hybridized carbons (Fsp3) is 0.154. The summed E-state index contributed by atoms with van der Waals surface area (Å²) in [5.41, 5.74) is 1.64. The molecule has 2 aromatic heterocycles. The molecule has 2 aromatic rings. The van der Waals surface area contributed by atoms with Crippen LogP contribution in [0.25, 0.3) is 0 Å². The van der Waals surface area contributed by atoms with Gasteiger partial charge in [-0.2, -0.15) is 0 Å². The molecule has 2 rings (SSSR count). The molecule has 1 unspecified atom stereocenters. The van der Waals surface area contributed by atoms with Crippen molar-refractivity contribution >= 4 is 12.2 Å². The number of aromatic nitrogens is 2. The number of ether oxygens (including phenoxy) is 1. The maximum Gasteiger partial charge on any atom is 0.295 e. The second kappa shape index (κ2) is 6.34.